The van der Waals surface area contributed by atoms with Gasteiger partial charge in [0.25, 0.3) is 0 Å². The van der Waals surface area contributed by atoms with Crippen LogP contribution in [0.15, 0.2) is 42.6 Å². The standard InChI is InChI=1S/C25H29N3O3/c1-15(27-3)14-31-18-10-20(24(26)29)16(2)21(12-18)25(7-8-25)22-11-17(30-4)13-23-19(22)6-5-9-28-23/h5-6,9-13,15,27H,7-8,14H2,1-4H3,(H2,26,29). The molecule has 31 heavy (non-hydrogen) atoms. The summed E-state index contributed by atoms with van der Waals surface area (Å²) in [6.07, 6.45) is 3.73. The molecule has 6 heteroatoms. The molecule has 3 aromatic rings. The molecule has 0 aliphatic heterocycles. The first kappa shape index (κ1) is 21.1. The van der Waals surface area contributed by atoms with Crippen LogP contribution >= 0.6 is 0 Å². The fraction of sp³-hybridized carbons (Fsp3) is 0.360. The van der Waals surface area contributed by atoms with Crippen molar-refractivity contribution in [2.24, 2.45) is 5.73 Å². The number of ether oxygens (including phenoxy) is 2. The highest BCUT2D eigenvalue weighted by atomic mass is 16.5. The number of benzene rings is 2. The average molecular weight is 420 g/mol. The maximum Gasteiger partial charge on any atom is 0.249 e. The summed E-state index contributed by atoms with van der Waals surface area (Å²) in [6, 6.07) is 12.1. The van der Waals surface area contributed by atoms with E-state index in [1.54, 1.807) is 19.4 Å². The predicted molar refractivity (Wildman–Crippen MR) is 122 cm³/mol. The molecule has 3 N–H and O–H groups in total. The van der Waals surface area contributed by atoms with Gasteiger partial charge in [-0.05, 0) is 74.7 Å². The van der Waals surface area contributed by atoms with Gasteiger partial charge in [0, 0.05) is 34.7 Å². The number of aromatic nitrogens is 1. The molecule has 1 heterocycles. The molecule has 1 aromatic heterocycles. The molecule has 1 aliphatic rings. The molecule has 162 valence electrons. The number of rotatable bonds is 8. The highest BCUT2D eigenvalue weighted by molar-refractivity contribution is 5.95. The van der Waals surface area contributed by atoms with Gasteiger partial charge in [0.15, 0.2) is 0 Å². The van der Waals surface area contributed by atoms with Gasteiger partial charge < -0.3 is 20.5 Å². The van der Waals surface area contributed by atoms with Gasteiger partial charge in [0.2, 0.25) is 5.91 Å². The van der Waals surface area contributed by atoms with Crippen LogP contribution in [0.4, 0.5) is 0 Å². The summed E-state index contributed by atoms with van der Waals surface area (Å²) in [5.41, 5.74) is 10.0. The third-order valence-corrected chi connectivity index (χ3v) is 6.35. The molecular formula is C25H29N3O3. The maximum absolute atomic E-state index is 12.2. The van der Waals surface area contributed by atoms with E-state index in [1.807, 2.05) is 33.0 Å². The smallest absolute Gasteiger partial charge is 0.249 e. The number of likely N-dealkylation sites (N-methyl/N-ethyl adjacent to an activating group) is 1. The second-order valence-electron chi connectivity index (χ2n) is 8.34. The summed E-state index contributed by atoms with van der Waals surface area (Å²) in [7, 11) is 3.56. The molecular weight excluding hydrogens is 390 g/mol. The Kier molecular flexibility index (Phi) is 5.58. The van der Waals surface area contributed by atoms with Crippen molar-refractivity contribution in [2.75, 3.05) is 20.8 Å². The van der Waals surface area contributed by atoms with Crippen LogP contribution in [0, 0.1) is 6.92 Å². The van der Waals surface area contributed by atoms with Crippen molar-refractivity contribution in [3.8, 4) is 11.5 Å². The highest BCUT2D eigenvalue weighted by Crippen LogP contribution is 2.57. The minimum atomic E-state index is -0.446. The van der Waals surface area contributed by atoms with Crippen LogP contribution in [0.3, 0.4) is 0 Å². The zero-order chi connectivity index (χ0) is 22.2. The molecule has 4 rings (SSSR count). The van der Waals surface area contributed by atoms with Gasteiger partial charge >= 0.3 is 0 Å². The number of methoxy groups -OCH3 is 1. The number of pyridine rings is 1. The van der Waals surface area contributed by atoms with E-state index in [1.165, 1.54) is 0 Å². The number of hydrogen-bond acceptors (Lipinski definition) is 5. The molecule has 1 saturated carbocycles. The summed E-state index contributed by atoms with van der Waals surface area (Å²) in [4.78, 5) is 16.8. The number of nitrogens with zero attached hydrogens (tertiary/aromatic N) is 1. The van der Waals surface area contributed by atoms with E-state index in [2.05, 4.69) is 28.5 Å². The van der Waals surface area contributed by atoms with Gasteiger partial charge in [0.05, 0.1) is 12.6 Å². The summed E-state index contributed by atoms with van der Waals surface area (Å²) in [6.45, 7) is 4.51. The summed E-state index contributed by atoms with van der Waals surface area (Å²) in [5, 5.41) is 4.26. The lowest BCUT2D eigenvalue weighted by molar-refractivity contribution is 0.0999. The zero-order valence-electron chi connectivity index (χ0n) is 18.5. The van der Waals surface area contributed by atoms with Gasteiger partial charge in [-0.1, -0.05) is 6.07 Å². The number of hydrogen-bond donors (Lipinski definition) is 2. The van der Waals surface area contributed by atoms with Crippen molar-refractivity contribution in [2.45, 2.75) is 38.1 Å². The topological polar surface area (TPSA) is 86.5 Å². The van der Waals surface area contributed by atoms with Crippen LogP contribution in [-0.2, 0) is 5.41 Å². The Morgan fingerprint density at radius 3 is 2.61 bits per heavy atom. The Hall–Kier alpha value is -3.12. The van der Waals surface area contributed by atoms with Crippen molar-refractivity contribution in [1.82, 2.24) is 10.3 Å². The number of carbonyl (C=O) groups is 1. The monoisotopic (exact) mass is 419 g/mol. The zero-order valence-corrected chi connectivity index (χ0v) is 18.5. The summed E-state index contributed by atoms with van der Waals surface area (Å²) < 4.78 is 11.6. The Bertz CT molecular complexity index is 1140. The first-order valence-electron chi connectivity index (χ1n) is 10.6. The molecule has 1 fully saturated rings. The SMILES string of the molecule is CNC(C)COc1cc(C(N)=O)c(C)c(C2(c3cc(OC)cc4ncccc34)CC2)c1. The normalized spacial score (nSPS) is 15.5. The molecule has 0 bridgehead atoms. The van der Waals surface area contributed by atoms with Gasteiger partial charge in [-0.25, -0.2) is 0 Å². The van der Waals surface area contributed by atoms with E-state index >= 15 is 0 Å². The van der Waals surface area contributed by atoms with Crippen molar-refractivity contribution in [3.63, 3.8) is 0 Å². The van der Waals surface area contributed by atoms with Crippen molar-refractivity contribution >= 4 is 16.8 Å². The minimum absolute atomic E-state index is 0.185. The lowest BCUT2D eigenvalue weighted by Crippen LogP contribution is -2.28. The van der Waals surface area contributed by atoms with E-state index < -0.39 is 5.91 Å². The Balaban J connectivity index is 1.88. The molecule has 6 nitrogen and oxygen atoms in total. The summed E-state index contributed by atoms with van der Waals surface area (Å²) >= 11 is 0. The first-order chi connectivity index (χ1) is 14.9. The third kappa shape index (κ3) is 3.83. The van der Waals surface area contributed by atoms with E-state index in [9.17, 15) is 4.79 Å². The van der Waals surface area contributed by atoms with Crippen LogP contribution in [-0.4, -0.2) is 37.7 Å². The number of amides is 1. The fourth-order valence-electron chi connectivity index (χ4n) is 4.31. The van der Waals surface area contributed by atoms with E-state index in [0.717, 1.165) is 46.2 Å². The maximum atomic E-state index is 12.2. The van der Waals surface area contributed by atoms with Crippen LogP contribution in [0.25, 0.3) is 10.9 Å². The van der Waals surface area contributed by atoms with Gasteiger partial charge in [-0.15, -0.1) is 0 Å². The Morgan fingerprint density at radius 2 is 1.97 bits per heavy atom. The van der Waals surface area contributed by atoms with Crippen LogP contribution in [0.1, 0.15) is 46.8 Å². The summed E-state index contributed by atoms with van der Waals surface area (Å²) in [5.74, 6) is 0.988. The lowest BCUT2D eigenvalue weighted by Gasteiger charge is -2.24. The molecule has 1 aliphatic carbocycles. The van der Waals surface area contributed by atoms with Crippen molar-refractivity contribution < 1.29 is 14.3 Å². The van der Waals surface area contributed by atoms with Crippen molar-refractivity contribution in [1.29, 1.82) is 0 Å². The molecule has 1 amide bonds. The lowest BCUT2D eigenvalue weighted by atomic mass is 9.81. The highest BCUT2D eigenvalue weighted by Gasteiger charge is 2.48. The number of nitrogens with one attached hydrogen (secondary N) is 1. The first-order valence-corrected chi connectivity index (χ1v) is 10.6. The largest absolute Gasteiger partial charge is 0.497 e. The second-order valence-corrected chi connectivity index (χ2v) is 8.34. The van der Waals surface area contributed by atoms with E-state index in [0.29, 0.717) is 17.9 Å². The molecule has 0 saturated heterocycles. The minimum Gasteiger partial charge on any atom is -0.497 e. The van der Waals surface area contributed by atoms with E-state index in [-0.39, 0.29) is 11.5 Å². The molecule has 2 aromatic carbocycles. The Labute approximate surface area is 182 Å². The predicted octanol–water partition coefficient (Wildman–Crippen LogP) is 3.72. The van der Waals surface area contributed by atoms with E-state index in [4.69, 9.17) is 15.2 Å². The molecule has 1 unspecified atom stereocenters. The van der Waals surface area contributed by atoms with Gasteiger partial charge in [-0.3, -0.25) is 9.78 Å². The molecule has 0 spiro atoms. The second kappa shape index (κ2) is 8.19. The number of fused-ring (bicyclic) bond motifs is 1. The van der Waals surface area contributed by atoms with Gasteiger partial charge in [0.1, 0.15) is 18.1 Å². The molecule has 1 atom stereocenters. The van der Waals surface area contributed by atoms with Crippen LogP contribution < -0.4 is 20.5 Å². The van der Waals surface area contributed by atoms with Crippen molar-refractivity contribution in [3.05, 3.63) is 64.8 Å². The van der Waals surface area contributed by atoms with Crippen LogP contribution in [0.5, 0.6) is 11.5 Å². The fourth-order valence-corrected chi connectivity index (χ4v) is 4.31. The molecule has 0 radical (unpaired) electrons. The number of carbonyl (C=O) groups excluding carboxylic acids is 1. The number of primary amides is 1. The number of nitrogens with two attached hydrogens (primary N) is 1. The van der Waals surface area contributed by atoms with Gasteiger partial charge in [-0.2, -0.15) is 0 Å². The Morgan fingerprint density at radius 1 is 1.23 bits per heavy atom. The average Bonchev–Trinajstić information content (AvgIpc) is 3.58. The third-order valence-electron chi connectivity index (χ3n) is 6.35. The van der Waals surface area contributed by atoms with Crippen LogP contribution in [0.2, 0.25) is 0 Å². The quantitative estimate of drug-likeness (QED) is 0.581.